The van der Waals surface area contributed by atoms with E-state index in [1.807, 2.05) is 24.3 Å². The Labute approximate surface area is 471 Å². The molecule has 0 radical (unpaired) electrons. The van der Waals surface area contributed by atoms with Crippen LogP contribution < -0.4 is 10.2 Å². The first-order valence-electron chi connectivity index (χ1n) is 26.6. The van der Waals surface area contributed by atoms with Crippen molar-refractivity contribution < 1.29 is 38.7 Å². The van der Waals surface area contributed by atoms with E-state index >= 15 is 0 Å². The number of nitrogens with zero attached hydrogens (tertiary/aromatic N) is 8. The topological polar surface area (TPSA) is 73.7 Å². The summed E-state index contributed by atoms with van der Waals surface area (Å²) < 4.78 is 11.9. The molecule has 10 heteroatoms. The minimum atomic E-state index is 0.954. The number of hydrogen-bond acceptors (Lipinski definition) is 2. The Morgan fingerprint density at radius 3 is 1.16 bits per heavy atom. The van der Waals surface area contributed by atoms with Crippen LogP contribution in [-0.2, 0) is 64.6 Å². The van der Waals surface area contributed by atoms with Crippen molar-refractivity contribution >= 4 is 0 Å². The summed E-state index contributed by atoms with van der Waals surface area (Å²) in [6.07, 6.45) is 13.2. The summed E-state index contributed by atoms with van der Waals surface area (Å²) in [6, 6.07) is 53.4. The van der Waals surface area contributed by atoms with E-state index in [9.17, 15) is 0 Å². The number of para-hydroxylation sites is 2. The fourth-order valence-corrected chi connectivity index (χ4v) is 12.9. The van der Waals surface area contributed by atoms with Gasteiger partial charge in [0.15, 0.2) is 0 Å². The van der Waals surface area contributed by atoms with Gasteiger partial charge in [0.2, 0.25) is 0 Å². The molecule has 0 saturated carbocycles. The average molecular weight is 1360 g/mol. The number of aryl methyl sites for hydroxylation is 10. The molecule has 4 heterocycles. The fourth-order valence-electron chi connectivity index (χ4n) is 11.0. The summed E-state index contributed by atoms with van der Waals surface area (Å²) in [7, 11) is 0. The average Bonchev–Trinajstić information content (AvgIpc) is 4.16. The van der Waals surface area contributed by atoms with Gasteiger partial charge in [0, 0.05) is 0 Å². The van der Waals surface area contributed by atoms with Crippen LogP contribution >= 0.6 is 0 Å². The zero-order valence-corrected chi connectivity index (χ0v) is 49.7. The molecule has 76 heavy (non-hydrogen) atoms. The van der Waals surface area contributed by atoms with Gasteiger partial charge in [-0.25, -0.2) is 0 Å². The van der Waals surface area contributed by atoms with Crippen LogP contribution in [0.4, 0.5) is 0 Å². The molecule has 0 N–H and O–H groups in total. The molecule has 0 amide bonds. The van der Waals surface area contributed by atoms with Gasteiger partial charge in [-0.2, -0.15) is 0 Å². The molecular formula is C66H68N8Pt2-4. The predicted molar refractivity (Wildman–Crippen MR) is 302 cm³/mol. The Hall–Kier alpha value is -6.46. The van der Waals surface area contributed by atoms with Crippen LogP contribution in [-0.4, -0.2) is 28.5 Å². The Bertz CT molecular complexity index is 3380. The van der Waals surface area contributed by atoms with Crippen molar-refractivity contribution in [2.45, 2.75) is 120 Å². The molecule has 8 nitrogen and oxygen atoms in total. The maximum atomic E-state index is 4.52. The molecule has 0 fully saturated rings. The molecule has 10 rings (SSSR count). The SMILES string of the molecule is Cc1cc(C)c(-c2cn(-c3[c-]cccc3)[c](=[Pt])n2CCCCCc2n[n-]c(C)c2-c2ccccc2)c(C)c1.Cc1cc(C)c(-c2cn(-c3[c-]cccc3)[c](=[Pt])n2CCCCCc2n[n-]c(C)c2-c2ccccc2)c(C)c1. The molecule has 10 aromatic rings. The van der Waals surface area contributed by atoms with Crippen molar-refractivity contribution in [2.24, 2.45) is 0 Å². The monoisotopic (exact) mass is 1360 g/mol. The van der Waals surface area contributed by atoms with E-state index in [1.54, 1.807) is 0 Å². The molecule has 0 spiro atoms. The summed E-state index contributed by atoms with van der Waals surface area (Å²) >= 11 is 4.95. The summed E-state index contributed by atoms with van der Waals surface area (Å²) in [5.41, 5.74) is 24.3. The van der Waals surface area contributed by atoms with E-state index in [1.165, 1.54) is 85.8 Å². The first kappa shape index (κ1) is 54.3. The van der Waals surface area contributed by atoms with Crippen LogP contribution in [0.1, 0.15) is 94.7 Å². The second-order valence-electron chi connectivity index (χ2n) is 20.2. The van der Waals surface area contributed by atoms with Crippen molar-refractivity contribution in [3.8, 4) is 56.1 Å². The number of imidazole rings is 2. The standard InChI is InChI=1S/2C33H34N4.2Pt/c2*1-24-20-25(2)32(26(3)21-24)31-22-37(29-16-10-6-11-17-29)23-36(31)19-13-7-12-18-30-33(27(4)34-35-30)28-14-8-5-9-15-28;;/h2*5-6,8-11,14-16,20-22H,7,12-13,18-19H2,1-4H3;;/q2*-2;;. The summed E-state index contributed by atoms with van der Waals surface area (Å²) in [5.74, 6) is 0. The van der Waals surface area contributed by atoms with Crippen LogP contribution in [0.15, 0.2) is 146 Å². The van der Waals surface area contributed by atoms with E-state index in [-0.39, 0.29) is 0 Å². The number of hydrogen-bond donors (Lipinski definition) is 0. The van der Waals surface area contributed by atoms with Gasteiger partial charge in [0.1, 0.15) is 0 Å². The van der Waals surface area contributed by atoms with Gasteiger partial charge in [0.25, 0.3) is 0 Å². The first-order valence-corrected chi connectivity index (χ1v) is 28.9. The maximum absolute atomic E-state index is 4.52. The van der Waals surface area contributed by atoms with Crippen LogP contribution in [0.2, 0.25) is 0 Å². The molecule has 0 aliphatic rings. The minimum absolute atomic E-state index is 0.954. The van der Waals surface area contributed by atoms with Crippen LogP contribution in [0, 0.1) is 75.1 Å². The summed E-state index contributed by atoms with van der Waals surface area (Å²) in [4.78, 5) is 0. The first-order chi connectivity index (χ1) is 36.9. The van der Waals surface area contributed by atoms with Gasteiger partial charge in [0.05, 0.1) is 0 Å². The number of unbranched alkanes of at least 4 members (excludes halogenated alkanes) is 4. The van der Waals surface area contributed by atoms with E-state index in [2.05, 4.69) is 266 Å². The molecule has 0 aliphatic carbocycles. The van der Waals surface area contributed by atoms with Crippen molar-refractivity contribution in [1.82, 2.24) is 38.7 Å². The van der Waals surface area contributed by atoms with Gasteiger partial charge in [-0.3, -0.25) is 0 Å². The molecule has 6 aromatic carbocycles. The second-order valence-corrected chi connectivity index (χ2v) is 22.2. The van der Waals surface area contributed by atoms with E-state index in [0.717, 1.165) is 98.6 Å². The predicted octanol–water partition coefficient (Wildman–Crippen LogP) is 15.0. The van der Waals surface area contributed by atoms with Gasteiger partial charge in [-0.15, -0.1) is 0 Å². The van der Waals surface area contributed by atoms with Crippen molar-refractivity contribution in [3.05, 3.63) is 222 Å². The molecule has 0 saturated heterocycles. The van der Waals surface area contributed by atoms with Crippen molar-refractivity contribution in [2.75, 3.05) is 0 Å². The van der Waals surface area contributed by atoms with E-state index in [4.69, 9.17) is 0 Å². The van der Waals surface area contributed by atoms with Gasteiger partial charge >= 0.3 is 463 Å². The van der Waals surface area contributed by atoms with Gasteiger partial charge in [-0.1, -0.05) is 12.1 Å². The molecule has 0 bridgehead atoms. The zero-order chi connectivity index (χ0) is 53.3. The normalized spacial score (nSPS) is 11.3. The molecule has 0 atom stereocenters. The van der Waals surface area contributed by atoms with Crippen molar-refractivity contribution in [1.29, 1.82) is 0 Å². The van der Waals surface area contributed by atoms with Crippen molar-refractivity contribution in [3.63, 3.8) is 0 Å². The number of benzene rings is 6. The number of aromatic nitrogens is 8. The van der Waals surface area contributed by atoms with Gasteiger partial charge in [-0.05, 0) is 0 Å². The summed E-state index contributed by atoms with van der Waals surface area (Å²) in [5, 5.41) is 17.8. The van der Waals surface area contributed by atoms with Gasteiger partial charge < -0.3 is 0 Å². The molecule has 4 aromatic heterocycles. The molecule has 396 valence electrons. The third kappa shape index (κ3) is 12.4. The number of rotatable bonds is 18. The fraction of sp³-hybridized carbons (Fsp3) is 0.273. The quantitative estimate of drug-likeness (QED) is 0.0634. The van der Waals surface area contributed by atoms with E-state index in [0.29, 0.717) is 0 Å². The third-order valence-corrected chi connectivity index (χ3v) is 16.6. The Balaban J connectivity index is 0.000000186. The van der Waals surface area contributed by atoms with E-state index < -0.39 is 0 Å². The van der Waals surface area contributed by atoms with Crippen LogP contribution in [0.3, 0.4) is 0 Å². The second kappa shape index (κ2) is 25.1. The Kier molecular flexibility index (Phi) is 18.0. The molecule has 0 unspecified atom stereocenters. The summed E-state index contributed by atoms with van der Waals surface area (Å²) in [6.45, 7) is 19.3. The molecular weight excluding hydrogens is 1290 g/mol. The Morgan fingerprint density at radius 2 is 0.803 bits per heavy atom. The molecule has 0 aliphatic heterocycles. The van der Waals surface area contributed by atoms with Crippen LogP contribution in [0.5, 0.6) is 0 Å². The zero-order valence-electron chi connectivity index (χ0n) is 45.1. The van der Waals surface area contributed by atoms with Crippen LogP contribution in [0.25, 0.3) is 56.1 Å². The Morgan fingerprint density at radius 1 is 0.434 bits per heavy atom. The third-order valence-electron chi connectivity index (χ3n) is 14.3.